The van der Waals surface area contributed by atoms with E-state index in [2.05, 4.69) is 18.8 Å². The quantitative estimate of drug-likeness (QED) is 0.349. The van der Waals surface area contributed by atoms with E-state index in [-0.39, 0.29) is 6.29 Å². The minimum atomic E-state index is -0.140. The summed E-state index contributed by atoms with van der Waals surface area (Å²) >= 11 is 0. The fourth-order valence-electron chi connectivity index (χ4n) is 1.25. The Morgan fingerprint density at radius 2 is 1.60 bits per heavy atom. The van der Waals surface area contributed by atoms with Crippen molar-refractivity contribution in [1.29, 1.82) is 0 Å². The van der Waals surface area contributed by atoms with Crippen molar-refractivity contribution in [2.75, 3.05) is 13.2 Å². The van der Waals surface area contributed by atoms with Crippen LogP contribution in [0.1, 0.15) is 52.9 Å². The fourth-order valence-corrected chi connectivity index (χ4v) is 1.25. The summed E-state index contributed by atoms with van der Waals surface area (Å²) in [6, 6.07) is 0. The summed E-state index contributed by atoms with van der Waals surface area (Å²) in [5, 5.41) is 0. The summed E-state index contributed by atoms with van der Waals surface area (Å²) in [7, 11) is 0. The Hall–Kier alpha value is -0.520. The summed E-state index contributed by atoms with van der Waals surface area (Å²) in [4.78, 5) is 0. The molecular weight excluding hydrogens is 188 g/mol. The molecule has 0 amide bonds. The fraction of sp³-hybridized carbons (Fsp3) is 0.846. The van der Waals surface area contributed by atoms with Crippen LogP contribution < -0.4 is 0 Å². The highest BCUT2D eigenvalue weighted by atomic mass is 16.7. The number of rotatable bonds is 8. The van der Waals surface area contributed by atoms with Gasteiger partial charge in [0.1, 0.15) is 0 Å². The van der Waals surface area contributed by atoms with Crippen molar-refractivity contribution < 1.29 is 9.47 Å². The average Bonchev–Trinajstić information content (AvgIpc) is 2.24. The zero-order chi connectivity index (χ0) is 11.4. The SMILES string of the molecule is CCCCCC#CCC(OCC)OCC. The Balaban J connectivity index is 3.57. The lowest BCUT2D eigenvalue weighted by molar-refractivity contribution is -0.131. The molecule has 0 aliphatic heterocycles. The topological polar surface area (TPSA) is 18.5 Å². The van der Waals surface area contributed by atoms with Gasteiger partial charge in [-0.2, -0.15) is 0 Å². The highest BCUT2D eigenvalue weighted by Gasteiger charge is 2.04. The first kappa shape index (κ1) is 14.5. The van der Waals surface area contributed by atoms with Gasteiger partial charge < -0.3 is 9.47 Å². The first-order chi connectivity index (χ1) is 7.35. The van der Waals surface area contributed by atoms with Crippen LogP contribution in [0.2, 0.25) is 0 Å². The standard InChI is InChI=1S/C13H24O2/c1-4-7-8-9-10-11-12-13(14-5-2)15-6-3/h13H,4-9,12H2,1-3H3. The normalized spacial score (nSPS) is 10.1. The Morgan fingerprint density at radius 3 is 2.13 bits per heavy atom. The van der Waals surface area contributed by atoms with Crippen molar-refractivity contribution in [2.24, 2.45) is 0 Å². The van der Waals surface area contributed by atoms with Crippen LogP contribution in [-0.2, 0) is 9.47 Å². The van der Waals surface area contributed by atoms with Crippen LogP contribution in [0, 0.1) is 11.8 Å². The molecule has 15 heavy (non-hydrogen) atoms. The van der Waals surface area contributed by atoms with Crippen LogP contribution >= 0.6 is 0 Å². The van der Waals surface area contributed by atoms with Crippen LogP contribution in [0.3, 0.4) is 0 Å². The molecule has 0 radical (unpaired) electrons. The smallest absolute Gasteiger partial charge is 0.168 e. The van der Waals surface area contributed by atoms with Crippen LogP contribution in [-0.4, -0.2) is 19.5 Å². The van der Waals surface area contributed by atoms with Crippen LogP contribution in [0.4, 0.5) is 0 Å². The molecule has 0 aromatic carbocycles. The molecule has 0 saturated carbocycles. The highest BCUT2D eigenvalue weighted by molar-refractivity contribution is 4.99. The van der Waals surface area contributed by atoms with Crippen molar-refractivity contribution in [1.82, 2.24) is 0 Å². The van der Waals surface area contributed by atoms with Gasteiger partial charge in [-0.3, -0.25) is 0 Å². The first-order valence-electron chi connectivity index (χ1n) is 6.04. The molecule has 0 saturated heterocycles. The van der Waals surface area contributed by atoms with E-state index in [1.165, 1.54) is 19.3 Å². The van der Waals surface area contributed by atoms with E-state index in [4.69, 9.17) is 9.47 Å². The molecule has 2 nitrogen and oxygen atoms in total. The predicted molar refractivity (Wildman–Crippen MR) is 63.6 cm³/mol. The lowest BCUT2D eigenvalue weighted by atomic mass is 10.2. The summed E-state index contributed by atoms with van der Waals surface area (Å²) in [5.41, 5.74) is 0. The minimum Gasteiger partial charge on any atom is -0.352 e. The maximum Gasteiger partial charge on any atom is 0.168 e. The Labute approximate surface area is 94.3 Å². The van der Waals surface area contributed by atoms with Crippen LogP contribution in [0.15, 0.2) is 0 Å². The number of ether oxygens (including phenoxy) is 2. The van der Waals surface area contributed by atoms with E-state index in [0.29, 0.717) is 19.6 Å². The van der Waals surface area contributed by atoms with Gasteiger partial charge in [-0.25, -0.2) is 0 Å². The molecule has 0 spiro atoms. The molecule has 0 fully saturated rings. The van der Waals surface area contributed by atoms with Crippen molar-refractivity contribution in [3.05, 3.63) is 0 Å². The zero-order valence-corrected chi connectivity index (χ0v) is 10.3. The van der Waals surface area contributed by atoms with Gasteiger partial charge in [-0.15, -0.1) is 5.92 Å². The van der Waals surface area contributed by atoms with Gasteiger partial charge in [0.25, 0.3) is 0 Å². The van der Waals surface area contributed by atoms with Crippen LogP contribution in [0.25, 0.3) is 0 Å². The monoisotopic (exact) mass is 212 g/mol. The van der Waals surface area contributed by atoms with Crippen molar-refractivity contribution >= 4 is 0 Å². The van der Waals surface area contributed by atoms with Gasteiger partial charge in [-0.1, -0.05) is 25.7 Å². The molecule has 88 valence electrons. The largest absolute Gasteiger partial charge is 0.352 e. The molecule has 0 bridgehead atoms. The molecule has 0 aliphatic carbocycles. The molecule has 0 atom stereocenters. The van der Waals surface area contributed by atoms with Crippen molar-refractivity contribution in [2.45, 2.75) is 59.2 Å². The Morgan fingerprint density at radius 1 is 0.933 bits per heavy atom. The van der Waals surface area contributed by atoms with E-state index >= 15 is 0 Å². The summed E-state index contributed by atoms with van der Waals surface area (Å²) in [5.74, 6) is 6.27. The molecule has 0 aromatic rings. The molecule has 0 aromatic heterocycles. The Bertz CT molecular complexity index is 173. The molecule has 0 unspecified atom stereocenters. The molecule has 0 rings (SSSR count). The lowest BCUT2D eigenvalue weighted by Gasteiger charge is -2.13. The molecule has 2 heteroatoms. The minimum absolute atomic E-state index is 0.140. The maximum absolute atomic E-state index is 5.39. The lowest BCUT2D eigenvalue weighted by Crippen LogP contribution is -2.16. The van der Waals surface area contributed by atoms with Gasteiger partial charge in [0.2, 0.25) is 0 Å². The zero-order valence-electron chi connectivity index (χ0n) is 10.3. The van der Waals surface area contributed by atoms with E-state index in [0.717, 1.165) is 6.42 Å². The third-order valence-electron chi connectivity index (χ3n) is 2.00. The second-order valence-electron chi connectivity index (χ2n) is 3.36. The number of unbranched alkanes of at least 4 members (excludes halogenated alkanes) is 3. The first-order valence-corrected chi connectivity index (χ1v) is 6.04. The van der Waals surface area contributed by atoms with Gasteiger partial charge in [-0.05, 0) is 20.3 Å². The van der Waals surface area contributed by atoms with E-state index in [1.807, 2.05) is 13.8 Å². The summed E-state index contributed by atoms with van der Waals surface area (Å²) < 4.78 is 10.8. The average molecular weight is 212 g/mol. The van der Waals surface area contributed by atoms with Crippen molar-refractivity contribution in [3.8, 4) is 11.8 Å². The molecule has 0 heterocycles. The van der Waals surface area contributed by atoms with Gasteiger partial charge in [0.15, 0.2) is 6.29 Å². The molecule has 0 N–H and O–H groups in total. The predicted octanol–water partition coefficient (Wildman–Crippen LogP) is 3.36. The Kier molecular flexibility index (Phi) is 11.2. The van der Waals surface area contributed by atoms with Gasteiger partial charge in [0.05, 0.1) is 6.42 Å². The maximum atomic E-state index is 5.39. The van der Waals surface area contributed by atoms with E-state index < -0.39 is 0 Å². The van der Waals surface area contributed by atoms with E-state index in [9.17, 15) is 0 Å². The summed E-state index contributed by atoms with van der Waals surface area (Å²) in [6.45, 7) is 7.51. The summed E-state index contributed by atoms with van der Waals surface area (Å²) in [6.07, 6.45) is 5.28. The van der Waals surface area contributed by atoms with Gasteiger partial charge >= 0.3 is 0 Å². The number of hydrogen-bond acceptors (Lipinski definition) is 2. The van der Waals surface area contributed by atoms with E-state index in [1.54, 1.807) is 0 Å². The highest BCUT2D eigenvalue weighted by Crippen LogP contribution is 2.01. The number of hydrogen-bond donors (Lipinski definition) is 0. The van der Waals surface area contributed by atoms with Crippen LogP contribution in [0.5, 0.6) is 0 Å². The molecular formula is C13H24O2. The second-order valence-corrected chi connectivity index (χ2v) is 3.36. The third kappa shape index (κ3) is 9.78. The van der Waals surface area contributed by atoms with Crippen molar-refractivity contribution in [3.63, 3.8) is 0 Å². The second kappa shape index (κ2) is 11.6. The molecule has 0 aliphatic rings. The van der Waals surface area contributed by atoms with Gasteiger partial charge in [0, 0.05) is 19.6 Å². The third-order valence-corrected chi connectivity index (χ3v) is 2.00.